The van der Waals surface area contributed by atoms with Gasteiger partial charge in [0.05, 0.1) is 11.3 Å². The average Bonchev–Trinajstić information content (AvgIpc) is 2.54. The van der Waals surface area contributed by atoms with Gasteiger partial charge in [0.25, 0.3) is 5.91 Å². The lowest BCUT2D eigenvalue weighted by molar-refractivity contribution is 0.102. The van der Waals surface area contributed by atoms with Crippen molar-refractivity contribution in [2.45, 2.75) is 31.7 Å². The Morgan fingerprint density at radius 3 is 2.29 bits per heavy atom. The van der Waals surface area contributed by atoms with E-state index in [1.54, 1.807) is 0 Å². The summed E-state index contributed by atoms with van der Waals surface area (Å²) in [5.41, 5.74) is 3.09. The van der Waals surface area contributed by atoms with E-state index in [9.17, 15) is 4.79 Å². The van der Waals surface area contributed by atoms with Crippen LogP contribution in [0.3, 0.4) is 0 Å². The second-order valence-corrected chi connectivity index (χ2v) is 6.90. The molecule has 0 fully saturated rings. The number of carbonyl (C=O) groups is 1. The normalized spacial score (nSPS) is 10.8. The third kappa shape index (κ3) is 4.06. The first-order valence-corrected chi connectivity index (χ1v) is 9.07. The van der Waals surface area contributed by atoms with E-state index in [0.717, 1.165) is 17.2 Å². The number of aromatic nitrogens is 2. The molecule has 1 aromatic carbocycles. The second kappa shape index (κ2) is 7.66. The molecule has 0 saturated heterocycles. The van der Waals surface area contributed by atoms with E-state index >= 15 is 0 Å². The van der Waals surface area contributed by atoms with Crippen molar-refractivity contribution in [3.63, 3.8) is 0 Å². The molecule has 0 bridgehead atoms. The predicted octanol–water partition coefficient (Wildman–Crippen LogP) is 3.95. The lowest BCUT2D eigenvalue weighted by Crippen LogP contribution is -2.18. The molecular weight excluding hydrogens is 320 g/mol. The summed E-state index contributed by atoms with van der Waals surface area (Å²) in [6, 6.07) is 7.72. The fraction of sp³-hybridized carbons (Fsp3) is 0.389. The highest BCUT2D eigenvalue weighted by molar-refractivity contribution is 7.98. The van der Waals surface area contributed by atoms with Crippen LogP contribution < -0.4 is 10.2 Å². The van der Waals surface area contributed by atoms with Gasteiger partial charge in [-0.1, -0.05) is 13.8 Å². The van der Waals surface area contributed by atoms with E-state index in [0.29, 0.717) is 16.3 Å². The molecular formula is C18H24N4OS. The van der Waals surface area contributed by atoms with Crippen molar-refractivity contribution in [3.8, 4) is 0 Å². The van der Waals surface area contributed by atoms with Gasteiger partial charge in [-0.2, -0.15) is 0 Å². The molecule has 1 amide bonds. The van der Waals surface area contributed by atoms with Crippen LogP contribution in [0.2, 0.25) is 0 Å². The number of nitrogens with one attached hydrogen (secondary N) is 1. The van der Waals surface area contributed by atoms with Gasteiger partial charge in [0.1, 0.15) is 10.9 Å². The molecule has 1 aromatic heterocycles. The Bertz CT molecular complexity index is 727. The molecule has 0 aliphatic carbocycles. The van der Waals surface area contributed by atoms with E-state index in [1.165, 1.54) is 11.8 Å². The summed E-state index contributed by atoms with van der Waals surface area (Å²) >= 11 is 1.47. The highest BCUT2D eigenvalue weighted by Gasteiger charge is 2.19. The number of rotatable bonds is 5. The van der Waals surface area contributed by atoms with Crippen LogP contribution >= 0.6 is 11.8 Å². The topological polar surface area (TPSA) is 58.1 Å². The number of carbonyl (C=O) groups excluding carboxylic acids is 1. The molecule has 1 N–H and O–H groups in total. The molecule has 0 spiro atoms. The SMILES string of the molecule is CSc1nc(C(C)C)nc(C)c1C(=O)Nc1ccc(N(C)C)cc1. The molecule has 128 valence electrons. The zero-order valence-corrected chi connectivity index (χ0v) is 15.9. The largest absolute Gasteiger partial charge is 0.378 e. The predicted molar refractivity (Wildman–Crippen MR) is 101 cm³/mol. The van der Waals surface area contributed by atoms with Gasteiger partial charge in [-0.3, -0.25) is 4.79 Å². The Balaban J connectivity index is 2.29. The second-order valence-electron chi connectivity index (χ2n) is 6.10. The number of anilines is 2. The Labute approximate surface area is 147 Å². The highest BCUT2D eigenvalue weighted by atomic mass is 32.2. The lowest BCUT2D eigenvalue weighted by Gasteiger charge is -2.15. The molecule has 2 aromatic rings. The van der Waals surface area contributed by atoms with Crippen LogP contribution in [0, 0.1) is 6.92 Å². The van der Waals surface area contributed by atoms with E-state index in [2.05, 4.69) is 15.3 Å². The van der Waals surface area contributed by atoms with E-state index < -0.39 is 0 Å². The van der Waals surface area contributed by atoms with Gasteiger partial charge in [-0.05, 0) is 37.4 Å². The molecule has 0 aliphatic heterocycles. The van der Waals surface area contributed by atoms with Crippen molar-refractivity contribution in [2.24, 2.45) is 0 Å². The minimum Gasteiger partial charge on any atom is -0.378 e. The van der Waals surface area contributed by atoms with Crippen molar-refractivity contribution >= 4 is 29.0 Å². The first kappa shape index (κ1) is 18.3. The van der Waals surface area contributed by atoms with Crippen molar-refractivity contribution in [1.82, 2.24) is 9.97 Å². The van der Waals surface area contributed by atoms with Gasteiger partial charge >= 0.3 is 0 Å². The molecule has 0 radical (unpaired) electrons. The van der Waals surface area contributed by atoms with Crippen LogP contribution in [-0.2, 0) is 0 Å². The molecule has 1 heterocycles. The molecule has 24 heavy (non-hydrogen) atoms. The summed E-state index contributed by atoms with van der Waals surface area (Å²) in [5.74, 6) is 0.818. The maximum absolute atomic E-state index is 12.7. The summed E-state index contributed by atoms with van der Waals surface area (Å²) < 4.78 is 0. The van der Waals surface area contributed by atoms with E-state index in [4.69, 9.17) is 0 Å². The molecule has 5 nitrogen and oxygen atoms in total. The number of benzene rings is 1. The molecule has 2 rings (SSSR count). The van der Waals surface area contributed by atoms with Gasteiger partial charge < -0.3 is 10.2 Å². The Morgan fingerprint density at radius 1 is 1.17 bits per heavy atom. The monoisotopic (exact) mass is 344 g/mol. The number of nitrogens with zero attached hydrogens (tertiary/aromatic N) is 3. The minimum atomic E-state index is -0.176. The summed E-state index contributed by atoms with van der Waals surface area (Å²) in [6.07, 6.45) is 1.93. The number of hydrogen-bond acceptors (Lipinski definition) is 5. The molecule has 0 atom stereocenters. The van der Waals surface area contributed by atoms with Crippen LogP contribution in [0.4, 0.5) is 11.4 Å². The number of amides is 1. The fourth-order valence-corrected chi connectivity index (χ4v) is 2.90. The smallest absolute Gasteiger partial charge is 0.260 e. The number of thioether (sulfide) groups is 1. The van der Waals surface area contributed by atoms with E-state index in [1.807, 2.05) is 70.3 Å². The zero-order valence-electron chi connectivity index (χ0n) is 15.0. The standard InChI is InChI=1S/C18H24N4OS/c1-11(2)16-19-12(3)15(18(21-16)24-6)17(23)20-13-7-9-14(10-8-13)22(4)5/h7-11H,1-6H3,(H,20,23). The van der Waals surface area contributed by atoms with Crippen LogP contribution in [-0.4, -0.2) is 36.2 Å². The van der Waals surface area contributed by atoms with Gasteiger partial charge in [0.15, 0.2) is 0 Å². The van der Waals surface area contributed by atoms with Crippen LogP contribution in [0.25, 0.3) is 0 Å². The number of hydrogen-bond donors (Lipinski definition) is 1. The minimum absolute atomic E-state index is 0.176. The third-order valence-corrected chi connectivity index (χ3v) is 4.33. The van der Waals surface area contributed by atoms with E-state index in [-0.39, 0.29) is 11.8 Å². The van der Waals surface area contributed by atoms with Crippen LogP contribution in [0.5, 0.6) is 0 Å². The summed E-state index contributed by atoms with van der Waals surface area (Å²) in [5, 5.41) is 3.65. The molecule has 0 unspecified atom stereocenters. The van der Waals surface area contributed by atoms with Crippen molar-refractivity contribution in [3.05, 3.63) is 41.3 Å². The molecule has 6 heteroatoms. The van der Waals surface area contributed by atoms with Gasteiger partial charge in [-0.15, -0.1) is 11.8 Å². The first-order valence-electron chi connectivity index (χ1n) is 7.84. The van der Waals surface area contributed by atoms with Gasteiger partial charge in [-0.25, -0.2) is 9.97 Å². The lowest BCUT2D eigenvalue weighted by atomic mass is 10.1. The van der Waals surface area contributed by atoms with Crippen molar-refractivity contribution in [1.29, 1.82) is 0 Å². The zero-order chi connectivity index (χ0) is 17.9. The van der Waals surface area contributed by atoms with Gasteiger partial charge in [0.2, 0.25) is 0 Å². The first-order chi connectivity index (χ1) is 11.3. The summed E-state index contributed by atoms with van der Waals surface area (Å²) in [6.45, 7) is 5.95. The third-order valence-electron chi connectivity index (χ3n) is 3.65. The molecule has 0 aliphatic rings. The quantitative estimate of drug-likeness (QED) is 0.657. The maximum atomic E-state index is 12.7. The molecule has 0 saturated carbocycles. The van der Waals surface area contributed by atoms with Crippen LogP contribution in [0.1, 0.15) is 41.6 Å². The van der Waals surface area contributed by atoms with Crippen LogP contribution in [0.15, 0.2) is 29.3 Å². The van der Waals surface area contributed by atoms with Crippen molar-refractivity contribution < 1.29 is 4.79 Å². The van der Waals surface area contributed by atoms with Gasteiger partial charge in [0, 0.05) is 31.4 Å². The maximum Gasteiger partial charge on any atom is 0.260 e. The van der Waals surface area contributed by atoms with Crippen molar-refractivity contribution in [2.75, 3.05) is 30.6 Å². The fourth-order valence-electron chi connectivity index (χ4n) is 2.27. The Hall–Kier alpha value is -2.08. The Kier molecular flexibility index (Phi) is 5.83. The Morgan fingerprint density at radius 2 is 1.79 bits per heavy atom. The number of aryl methyl sites for hydroxylation is 1. The highest BCUT2D eigenvalue weighted by Crippen LogP contribution is 2.24. The average molecular weight is 344 g/mol. The summed E-state index contributed by atoms with van der Waals surface area (Å²) in [7, 11) is 3.96. The summed E-state index contributed by atoms with van der Waals surface area (Å²) in [4.78, 5) is 23.7.